The lowest BCUT2D eigenvalue weighted by molar-refractivity contribution is -0.384. The highest BCUT2D eigenvalue weighted by Gasteiger charge is 2.06. The Balaban J connectivity index is 2.61. The average molecular weight is 222 g/mol. The number of non-ortho nitro benzene ring substituents is 1. The zero-order valence-corrected chi connectivity index (χ0v) is 8.54. The van der Waals surface area contributed by atoms with Crippen molar-refractivity contribution in [1.29, 1.82) is 0 Å². The molecule has 16 heavy (non-hydrogen) atoms. The first kappa shape index (κ1) is 11.7. The number of ether oxygens (including phenoxy) is 1. The Bertz CT molecular complexity index is 411. The fraction of sp³-hybridized carbons (Fsp3) is 0.100. The van der Waals surface area contributed by atoms with Gasteiger partial charge in [0.25, 0.3) is 5.69 Å². The molecule has 0 fully saturated rings. The van der Waals surface area contributed by atoms with Crippen molar-refractivity contribution in [2.45, 2.75) is 6.92 Å². The van der Waals surface area contributed by atoms with E-state index in [1.807, 2.05) is 0 Å². The Hall–Kier alpha value is -2.37. The summed E-state index contributed by atoms with van der Waals surface area (Å²) in [5.41, 5.74) is -0.0544. The summed E-state index contributed by atoms with van der Waals surface area (Å²) in [6.07, 6.45) is 2.41. The molecule has 1 aromatic rings. The van der Waals surface area contributed by atoms with Crippen molar-refractivity contribution in [3.05, 3.63) is 46.7 Å². The van der Waals surface area contributed by atoms with Crippen LogP contribution in [0.2, 0.25) is 0 Å². The quantitative estimate of drug-likeness (QED) is 0.627. The maximum absolute atomic E-state index is 11.1. The van der Waals surface area contributed by atoms with Crippen LogP contribution in [0.4, 0.5) is 10.5 Å². The summed E-state index contributed by atoms with van der Waals surface area (Å²) in [5.74, 6) is 0.243. The van der Waals surface area contributed by atoms with Crippen molar-refractivity contribution in [2.75, 3.05) is 0 Å². The normalized spacial score (nSPS) is 10.1. The molecule has 1 N–H and O–H groups in total. The van der Waals surface area contributed by atoms with E-state index in [9.17, 15) is 14.9 Å². The number of allylic oxidation sites excluding steroid dienone is 1. The minimum absolute atomic E-state index is 0.0544. The number of nitrogens with zero attached hydrogens (tertiary/aromatic N) is 1. The van der Waals surface area contributed by atoms with Gasteiger partial charge in [0.1, 0.15) is 5.75 Å². The number of rotatable bonds is 3. The lowest BCUT2D eigenvalue weighted by Gasteiger charge is -2.02. The van der Waals surface area contributed by atoms with Gasteiger partial charge >= 0.3 is 6.09 Å². The molecule has 0 radical (unpaired) electrons. The molecule has 0 saturated carbocycles. The monoisotopic (exact) mass is 222 g/mol. The summed E-state index contributed by atoms with van der Waals surface area (Å²) >= 11 is 0. The molecular formula is C10H10N2O4. The fourth-order valence-corrected chi connectivity index (χ4v) is 0.924. The number of hydrogen-bond donors (Lipinski definition) is 1. The van der Waals surface area contributed by atoms with E-state index in [0.717, 1.165) is 0 Å². The van der Waals surface area contributed by atoms with Crippen molar-refractivity contribution in [1.82, 2.24) is 5.32 Å². The molecule has 0 aliphatic rings. The minimum Gasteiger partial charge on any atom is -0.410 e. The first-order chi connectivity index (χ1) is 7.63. The van der Waals surface area contributed by atoms with E-state index in [0.29, 0.717) is 0 Å². The molecule has 0 saturated heterocycles. The van der Waals surface area contributed by atoms with Crippen LogP contribution in [0.3, 0.4) is 0 Å². The van der Waals surface area contributed by atoms with Gasteiger partial charge in [0.2, 0.25) is 0 Å². The van der Waals surface area contributed by atoms with Crippen molar-refractivity contribution in [3.63, 3.8) is 0 Å². The lowest BCUT2D eigenvalue weighted by Crippen LogP contribution is -2.21. The minimum atomic E-state index is -0.646. The van der Waals surface area contributed by atoms with E-state index in [4.69, 9.17) is 4.74 Å². The van der Waals surface area contributed by atoms with Crippen LogP contribution in [0.15, 0.2) is 36.5 Å². The second-order valence-electron chi connectivity index (χ2n) is 2.78. The van der Waals surface area contributed by atoms with Crippen LogP contribution in [-0.2, 0) is 0 Å². The molecule has 0 heterocycles. The highest BCUT2D eigenvalue weighted by Crippen LogP contribution is 2.17. The van der Waals surface area contributed by atoms with Gasteiger partial charge in [0.05, 0.1) is 4.92 Å². The Morgan fingerprint density at radius 3 is 2.56 bits per heavy atom. The number of nitro groups is 1. The van der Waals surface area contributed by atoms with E-state index in [-0.39, 0.29) is 11.4 Å². The number of carbonyl (C=O) groups excluding carboxylic acids is 1. The fourth-order valence-electron chi connectivity index (χ4n) is 0.924. The molecule has 0 aliphatic carbocycles. The van der Waals surface area contributed by atoms with Gasteiger partial charge in [-0.25, -0.2) is 4.79 Å². The largest absolute Gasteiger partial charge is 0.416 e. The highest BCUT2D eigenvalue weighted by atomic mass is 16.6. The zero-order valence-electron chi connectivity index (χ0n) is 8.54. The maximum Gasteiger partial charge on any atom is 0.416 e. The average Bonchev–Trinajstić information content (AvgIpc) is 2.27. The molecule has 0 aromatic heterocycles. The predicted octanol–water partition coefficient (Wildman–Crippen LogP) is 2.22. The van der Waals surface area contributed by atoms with Gasteiger partial charge in [-0.1, -0.05) is 6.08 Å². The van der Waals surface area contributed by atoms with Crippen molar-refractivity contribution in [2.24, 2.45) is 0 Å². The zero-order chi connectivity index (χ0) is 12.0. The second kappa shape index (κ2) is 5.50. The molecule has 1 rings (SSSR count). The molecule has 0 spiro atoms. The molecule has 0 aliphatic heterocycles. The third kappa shape index (κ3) is 3.41. The van der Waals surface area contributed by atoms with Gasteiger partial charge in [-0.3, -0.25) is 15.4 Å². The van der Waals surface area contributed by atoms with Crippen molar-refractivity contribution in [3.8, 4) is 5.75 Å². The van der Waals surface area contributed by atoms with Crippen LogP contribution in [-0.4, -0.2) is 11.0 Å². The van der Waals surface area contributed by atoms with Crippen molar-refractivity contribution < 1.29 is 14.5 Å². The Morgan fingerprint density at radius 2 is 2.06 bits per heavy atom. The molecule has 0 unspecified atom stereocenters. The summed E-state index contributed by atoms with van der Waals surface area (Å²) in [6, 6.07) is 5.23. The molecule has 1 amide bonds. The number of amides is 1. The van der Waals surface area contributed by atoms with Gasteiger partial charge in [0, 0.05) is 18.3 Å². The SMILES string of the molecule is CC=CNC(=O)Oc1ccc([N+](=O)[O-])cc1. The first-order valence-corrected chi connectivity index (χ1v) is 4.47. The van der Waals surface area contributed by atoms with Gasteiger partial charge < -0.3 is 4.74 Å². The number of carbonyl (C=O) groups is 1. The number of nitro benzene ring substituents is 1. The second-order valence-corrected chi connectivity index (χ2v) is 2.78. The molecule has 84 valence electrons. The van der Waals surface area contributed by atoms with Crippen LogP contribution in [0, 0.1) is 10.1 Å². The van der Waals surface area contributed by atoms with Crippen LogP contribution in [0.5, 0.6) is 5.75 Å². The van der Waals surface area contributed by atoms with Crippen LogP contribution >= 0.6 is 0 Å². The van der Waals surface area contributed by atoms with Gasteiger partial charge in [-0.2, -0.15) is 0 Å². The van der Waals surface area contributed by atoms with E-state index in [1.165, 1.54) is 30.5 Å². The molecule has 0 atom stereocenters. The Morgan fingerprint density at radius 1 is 1.44 bits per heavy atom. The van der Waals surface area contributed by atoms with Gasteiger partial charge in [0.15, 0.2) is 0 Å². The maximum atomic E-state index is 11.1. The summed E-state index contributed by atoms with van der Waals surface area (Å²) in [7, 11) is 0. The summed E-state index contributed by atoms with van der Waals surface area (Å²) in [5, 5.41) is 12.7. The number of benzene rings is 1. The Labute approximate surface area is 91.7 Å². The molecule has 1 aromatic carbocycles. The van der Waals surface area contributed by atoms with Crippen LogP contribution in [0.1, 0.15) is 6.92 Å². The summed E-state index contributed by atoms with van der Waals surface area (Å²) in [6.45, 7) is 1.74. The van der Waals surface area contributed by atoms with Crippen LogP contribution < -0.4 is 10.1 Å². The third-order valence-electron chi connectivity index (χ3n) is 1.63. The smallest absolute Gasteiger partial charge is 0.410 e. The van der Waals surface area contributed by atoms with Crippen LogP contribution in [0.25, 0.3) is 0 Å². The highest BCUT2D eigenvalue weighted by molar-refractivity contribution is 5.71. The lowest BCUT2D eigenvalue weighted by atomic mass is 10.3. The Kier molecular flexibility index (Phi) is 4.02. The topological polar surface area (TPSA) is 81.5 Å². The van der Waals surface area contributed by atoms with E-state index in [2.05, 4.69) is 5.32 Å². The molecule has 6 nitrogen and oxygen atoms in total. The molecule has 6 heteroatoms. The number of nitrogens with one attached hydrogen (secondary N) is 1. The standard InChI is InChI=1S/C10H10N2O4/c1-2-7-11-10(13)16-9-5-3-8(4-6-9)12(14)15/h2-7H,1H3,(H,11,13). The van der Waals surface area contributed by atoms with Gasteiger partial charge in [-0.05, 0) is 19.1 Å². The summed E-state index contributed by atoms with van der Waals surface area (Å²) < 4.78 is 4.83. The van der Waals surface area contributed by atoms with E-state index < -0.39 is 11.0 Å². The third-order valence-corrected chi connectivity index (χ3v) is 1.63. The molecule has 0 bridgehead atoms. The molecular weight excluding hydrogens is 212 g/mol. The first-order valence-electron chi connectivity index (χ1n) is 4.47. The van der Waals surface area contributed by atoms with Crippen molar-refractivity contribution >= 4 is 11.8 Å². The number of hydrogen-bond acceptors (Lipinski definition) is 4. The van der Waals surface area contributed by atoms with Gasteiger partial charge in [-0.15, -0.1) is 0 Å². The predicted molar refractivity (Wildman–Crippen MR) is 57.1 cm³/mol. The van der Waals surface area contributed by atoms with E-state index in [1.54, 1.807) is 13.0 Å². The van der Waals surface area contributed by atoms with E-state index >= 15 is 0 Å². The summed E-state index contributed by atoms with van der Waals surface area (Å²) in [4.78, 5) is 20.9.